The van der Waals surface area contributed by atoms with E-state index in [-0.39, 0.29) is 29.2 Å². The van der Waals surface area contributed by atoms with Crippen LogP contribution in [-0.2, 0) is 19.1 Å². The maximum atomic E-state index is 12.9. The summed E-state index contributed by atoms with van der Waals surface area (Å²) >= 11 is 5.88. The van der Waals surface area contributed by atoms with Crippen molar-refractivity contribution in [2.45, 2.75) is 19.3 Å². The average molecular weight is 453 g/mol. The van der Waals surface area contributed by atoms with E-state index in [2.05, 4.69) is 5.32 Å². The lowest BCUT2D eigenvalue weighted by molar-refractivity contribution is -0.123. The highest BCUT2D eigenvalue weighted by atomic mass is 35.5. The van der Waals surface area contributed by atoms with Crippen LogP contribution in [-0.4, -0.2) is 30.3 Å². The molecule has 1 saturated heterocycles. The highest BCUT2D eigenvalue weighted by Crippen LogP contribution is 2.56. The van der Waals surface area contributed by atoms with Gasteiger partial charge in [-0.25, -0.2) is 4.79 Å². The van der Waals surface area contributed by atoms with Gasteiger partial charge in [-0.3, -0.25) is 19.3 Å². The predicted octanol–water partition coefficient (Wildman–Crippen LogP) is 3.67. The molecular weight excluding hydrogens is 432 g/mol. The molecule has 1 heterocycles. The van der Waals surface area contributed by atoms with E-state index in [1.165, 1.54) is 17.0 Å². The van der Waals surface area contributed by atoms with Crippen molar-refractivity contribution in [3.05, 3.63) is 59.1 Å². The third-order valence-corrected chi connectivity index (χ3v) is 6.97. The van der Waals surface area contributed by atoms with Gasteiger partial charge in [0.05, 0.1) is 23.1 Å². The van der Waals surface area contributed by atoms with Gasteiger partial charge in [-0.05, 0) is 73.6 Å². The molecule has 0 unspecified atom stereocenters. The minimum Gasteiger partial charge on any atom is -0.452 e. The van der Waals surface area contributed by atoms with Gasteiger partial charge in [-0.1, -0.05) is 17.7 Å². The Hall–Kier alpha value is -3.19. The molecule has 0 radical (unpaired) electrons. The monoisotopic (exact) mass is 452 g/mol. The molecule has 2 bridgehead atoms. The first-order chi connectivity index (χ1) is 15.4. The van der Waals surface area contributed by atoms with E-state index in [4.69, 9.17) is 16.3 Å². The van der Waals surface area contributed by atoms with Crippen LogP contribution >= 0.6 is 11.6 Å². The van der Waals surface area contributed by atoms with Crippen molar-refractivity contribution in [1.82, 2.24) is 0 Å². The fourth-order valence-corrected chi connectivity index (χ4v) is 5.58. The molecule has 2 aliphatic carbocycles. The highest BCUT2D eigenvalue weighted by Gasteiger charge is 2.61. The Labute approximate surface area is 189 Å². The number of benzene rings is 2. The number of anilines is 2. The van der Waals surface area contributed by atoms with Crippen LogP contribution in [0.25, 0.3) is 0 Å². The van der Waals surface area contributed by atoms with E-state index in [0.717, 1.165) is 19.3 Å². The van der Waals surface area contributed by atoms with E-state index < -0.39 is 18.5 Å². The zero-order valence-electron chi connectivity index (χ0n) is 17.1. The lowest BCUT2D eigenvalue weighted by Gasteiger charge is -2.19. The SMILES string of the molecule is O=C(COC(=O)c1ccc(N2C(=O)[C@H]3[C@H]4CC[C@@H](C4)[C@@H]3C2=O)cc1)Nc1cccc(Cl)c1. The molecule has 2 aromatic rings. The van der Waals surface area contributed by atoms with Gasteiger partial charge in [-0.15, -0.1) is 0 Å². The molecule has 1 aliphatic heterocycles. The molecule has 2 aromatic carbocycles. The molecular formula is C24H21ClN2O5. The summed E-state index contributed by atoms with van der Waals surface area (Å²) < 4.78 is 5.07. The van der Waals surface area contributed by atoms with Gasteiger partial charge in [-0.2, -0.15) is 0 Å². The summed E-state index contributed by atoms with van der Waals surface area (Å²) in [6.07, 6.45) is 3.03. The van der Waals surface area contributed by atoms with E-state index >= 15 is 0 Å². The van der Waals surface area contributed by atoms with Crippen molar-refractivity contribution in [1.29, 1.82) is 0 Å². The zero-order chi connectivity index (χ0) is 22.4. The minimum absolute atomic E-state index is 0.125. The normalized spacial score (nSPS) is 25.7. The van der Waals surface area contributed by atoms with Gasteiger partial charge < -0.3 is 10.1 Å². The Balaban J connectivity index is 1.20. The molecule has 164 valence electrons. The molecule has 7 nitrogen and oxygen atoms in total. The number of rotatable bonds is 5. The molecule has 3 fully saturated rings. The summed E-state index contributed by atoms with van der Waals surface area (Å²) in [4.78, 5) is 51.4. The number of hydrogen-bond donors (Lipinski definition) is 1. The maximum absolute atomic E-state index is 12.9. The second-order valence-corrected chi connectivity index (χ2v) is 9.01. The number of halogens is 1. The number of fused-ring (bicyclic) bond motifs is 5. The molecule has 1 N–H and O–H groups in total. The van der Waals surface area contributed by atoms with Crippen molar-refractivity contribution in [2.75, 3.05) is 16.8 Å². The van der Waals surface area contributed by atoms with Crippen molar-refractivity contribution in [3.63, 3.8) is 0 Å². The number of imide groups is 1. The fourth-order valence-electron chi connectivity index (χ4n) is 5.39. The number of ether oxygens (including phenoxy) is 1. The zero-order valence-corrected chi connectivity index (χ0v) is 17.9. The summed E-state index contributed by atoms with van der Waals surface area (Å²) in [6.45, 7) is -0.456. The standard InChI is InChI=1S/C24H21ClN2O5/c25-16-2-1-3-17(11-16)26-19(28)12-32-24(31)13-6-8-18(9-7-13)27-22(29)20-14-4-5-15(10-14)21(20)23(27)30/h1-3,6-9,11,14-15,20-21H,4-5,10,12H2,(H,26,28)/t14-,15-,20-,21-/m0/s1. The van der Waals surface area contributed by atoms with Crippen LogP contribution in [0.5, 0.6) is 0 Å². The molecule has 4 atom stereocenters. The van der Waals surface area contributed by atoms with Crippen LogP contribution < -0.4 is 10.2 Å². The summed E-state index contributed by atoms with van der Waals surface area (Å²) in [5, 5.41) is 3.07. The lowest BCUT2D eigenvalue weighted by Crippen LogP contribution is -2.32. The maximum Gasteiger partial charge on any atom is 0.338 e. The molecule has 2 saturated carbocycles. The van der Waals surface area contributed by atoms with Gasteiger partial charge >= 0.3 is 5.97 Å². The Morgan fingerprint density at radius 3 is 2.28 bits per heavy atom. The summed E-state index contributed by atoms with van der Waals surface area (Å²) in [7, 11) is 0. The summed E-state index contributed by atoms with van der Waals surface area (Å²) in [5.74, 6) is -1.16. The van der Waals surface area contributed by atoms with Gasteiger partial charge in [0, 0.05) is 10.7 Å². The Morgan fingerprint density at radius 2 is 1.66 bits per heavy atom. The van der Waals surface area contributed by atoms with Crippen LogP contribution in [0.2, 0.25) is 5.02 Å². The van der Waals surface area contributed by atoms with E-state index in [1.807, 2.05) is 0 Å². The first-order valence-corrected chi connectivity index (χ1v) is 11.0. The summed E-state index contributed by atoms with van der Waals surface area (Å²) in [5.41, 5.74) is 1.19. The predicted molar refractivity (Wildman–Crippen MR) is 117 cm³/mol. The fraction of sp³-hybridized carbons (Fsp3) is 0.333. The van der Waals surface area contributed by atoms with Crippen molar-refractivity contribution in [3.8, 4) is 0 Å². The average Bonchev–Trinajstić information content (AvgIpc) is 3.46. The second-order valence-electron chi connectivity index (χ2n) is 8.58. The molecule has 3 aliphatic rings. The minimum atomic E-state index is -0.674. The van der Waals surface area contributed by atoms with Gasteiger partial charge in [0.25, 0.3) is 5.91 Å². The number of nitrogens with zero attached hydrogens (tertiary/aromatic N) is 1. The van der Waals surface area contributed by atoms with Gasteiger partial charge in [0.15, 0.2) is 6.61 Å². The number of carbonyl (C=O) groups excluding carboxylic acids is 4. The Kier molecular flexibility index (Phi) is 5.21. The van der Waals surface area contributed by atoms with Crippen LogP contribution in [0.1, 0.15) is 29.6 Å². The third-order valence-electron chi connectivity index (χ3n) is 6.73. The van der Waals surface area contributed by atoms with E-state index in [9.17, 15) is 19.2 Å². The van der Waals surface area contributed by atoms with Crippen molar-refractivity contribution in [2.24, 2.45) is 23.7 Å². The largest absolute Gasteiger partial charge is 0.452 e. The number of nitrogens with one attached hydrogen (secondary N) is 1. The molecule has 32 heavy (non-hydrogen) atoms. The molecule has 8 heteroatoms. The van der Waals surface area contributed by atoms with Gasteiger partial charge in [0.2, 0.25) is 11.8 Å². The van der Waals surface area contributed by atoms with Gasteiger partial charge in [0.1, 0.15) is 0 Å². The molecule has 5 rings (SSSR count). The smallest absolute Gasteiger partial charge is 0.338 e. The van der Waals surface area contributed by atoms with Crippen LogP contribution in [0.15, 0.2) is 48.5 Å². The number of amides is 3. The first-order valence-electron chi connectivity index (χ1n) is 10.6. The van der Waals surface area contributed by atoms with Crippen LogP contribution in [0.3, 0.4) is 0 Å². The third kappa shape index (κ3) is 3.56. The van der Waals surface area contributed by atoms with Crippen LogP contribution in [0, 0.1) is 23.7 Å². The first kappa shape index (κ1) is 20.7. The second kappa shape index (κ2) is 8.06. The van der Waals surface area contributed by atoms with Crippen molar-refractivity contribution < 1.29 is 23.9 Å². The molecule has 3 amide bonds. The quantitative estimate of drug-likeness (QED) is 0.552. The summed E-state index contributed by atoms with van der Waals surface area (Å²) in [6, 6.07) is 12.8. The molecule has 0 spiro atoms. The Bertz CT molecular complexity index is 1090. The molecule has 0 aromatic heterocycles. The van der Waals surface area contributed by atoms with Crippen LogP contribution in [0.4, 0.5) is 11.4 Å². The van der Waals surface area contributed by atoms with Crippen molar-refractivity contribution >= 4 is 46.7 Å². The van der Waals surface area contributed by atoms with E-state index in [0.29, 0.717) is 28.2 Å². The topological polar surface area (TPSA) is 92.8 Å². The number of hydrogen-bond acceptors (Lipinski definition) is 5. The number of esters is 1. The number of carbonyl (C=O) groups is 4. The highest BCUT2D eigenvalue weighted by molar-refractivity contribution is 6.30. The van der Waals surface area contributed by atoms with E-state index in [1.54, 1.807) is 36.4 Å². The lowest BCUT2D eigenvalue weighted by atomic mass is 9.81. The Morgan fingerprint density at radius 1 is 1.00 bits per heavy atom.